The molecule has 0 radical (unpaired) electrons. The van der Waals surface area contributed by atoms with Crippen LogP contribution in [0.3, 0.4) is 0 Å². The summed E-state index contributed by atoms with van der Waals surface area (Å²) in [6, 6.07) is 12.3. The summed E-state index contributed by atoms with van der Waals surface area (Å²) < 4.78 is 5.20. The lowest BCUT2D eigenvalue weighted by Crippen LogP contribution is -2.01. The fourth-order valence-corrected chi connectivity index (χ4v) is 2.80. The zero-order valence-corrected chi connectivity index (χ0v) is 13.4. The number of carbonyl (C=O) groups is 1. The number of hydrogen-bond acceptors (Lipinski definition) is 3. The molecule has 1 N–H and O–H groups in total. The van der Waals surface area contributed by atoms with Crippen LogP contribution in [0.25, 0.3) is 22.2 Å². The van der Waals surface area contributed by atoms with Crippen molar-refractivity contribution in [2.75, 3.05) is 7.11 Å². The van der Waals surface area contributed by atoms with E-state index in [2.05, 4.69) is 4.98 Å². The van der Waals surface area contributed by atoms with Crippen LogP contribution in [0.2, 0.25) is 5.02 Å². The summed E-state index contributed by atoms with van der Waals surface area (Å²) in [5.74, 6) is -0.268. The molecule has 23 heavy (non-hydrogen) atoms. The minimum absolute atomic E-state index is 0.183. The summed E-state index contributed by atoms with van der Waals surface area (Å²) in [6.45, 7) is 1.93. The molecule has 0 spiro atoms. The Labute approximate surface area is 138 Å². The Morgan fingerprint density at radius 1 is 1.22 bits per heavy atom. The quantitative estimate of drug-likeness (QED) is 0.765. The van der Waals surface area contributed by atoms with Crippen LogP contribution >= 0.6 is 11.6 Å². The lowest BCUT2D eigenvalue weighted by Gasteiger charge is -2.11. The highest BCUT2D eigenvalue weighted by molar-refractivity contribution is 6.35. The molecule has 0 saturated carbocycles. The standard InChI is InChI=1S/C18H14ClNO3/c1-10-8-11(23-2)6-7-12(10)16-9-14(18(21)22)13-4-3-5-15(19)17(13)20-16/h3-9H,1-2H3,(H,21,22). The van der Waals surface area contributed by atoms with Gasteiger partial charge in [0.15, 0.2) is 0 Å². The summed E-state index contributed by atoms with van der Waals surface area (Å²) in [5, 5.41) is 10.5. The van der Waals surface area contributed by atoms with E-state index in [-0.39, 0.29) is 5.56 Å². The van der Waals surface area contributed by atoms with Crippen LogP contribution in [0.1, 0.15) is 15.9 Å². The summed E-state index contributed by atoms with van der Waals surface area (Å²) in [4.78, 5) is 16.2. The summed E-state index contributed by atoms with van der Waals surface area (Å²) in [5.41, 5.74) is 3.03. The normalized spacial score (nSPS) is 10.7. The average Bonchev–Trinajstić information content (AvgIpc) is 2.54. The number of para-hydroxylation sites is 1. The third-order valence-corrected chi connectivity index (χ3v) is 4.04. The fraction of sp³-hybridized carbons (Fsp3) is 0.111. The van der Waals surface area contributed by atoms with Gasteiger partial charge in [0.1, 0.15) is 5.75 Å². The second-order valence-electron chi connectivity index (χ2n) is 5.18. The minimum atomic E-state index is -1.01. The second-order valence-corrected chi connectivity index (χ2v) is 5.58. The zero-order valence-electron chi connectivity index (χ0n) is 12.6. The molecular formula is C18H14ClNO3. The Kier molecular flexibility index (Phi) is 3.92. The van der Waals surface area contributed by atoms with Gasteiger partial charge in [0.05, 0.1) is 28.9 Å². The predicted octanol–water partition coefficient (Wildman–Crippen LogP) is 4.57. The Bertz CT molecular complexity index is 922. The van der Waals surface area contributed by atoms with Gasteiger partial charge in [-0.15, -0.1) is 0 Å². The second kappa shape index (κ2) is 5.89. The molecule has 116 valence electrons. The fourth-order valence-electron chi connectivity index (χ4n) is 2.58. The van der Waals surface area contributed by atoms with Crippen molar-refractivity contribution in [3.05, 3.63) is 58.6 Å². The Hall–Kier alpha value is -2.59. The molecule has 0 aliphatic rings. The molecule has 0 unspecified atom stereocenters. The molecule has 3 rings (SSSR count). The van der Waals surface area contributed by atoms with Gasteiger partial charge in [-0.1, -0.05) is 23.7 Å². The Morgan fingerprint density at radius 2 is 2.00 bits per heavy atom. The van der Waals surface area contributed by atoms with Gasteiger partial charge in [-0.25, -0.2) is 9.78 Å². The highest BCUT2D eigenvalue weighted by Gasteiger charge is 2.15. The first-order valence-corrected chi connectivity index (χ1v) is 7.36. The van der Waals surface area contributed by atoms with Crippen molar-refractivity contribution in [2.45, 2.75) is 6.92 Å². The highest BCUT2D eigenvalue weighted by atomic mass is 35.5. The molecule has 0 amide bonds. The van der Waals surface area contributed by atoms with Crippen LogP contribution < -0.4 is 4.74 Å². The topological polar surface area (TPSA) is 59.4 Å². The van der Waals surface area contributed by atoms with Crippen LogP contribution in [0.15, 0.2) is 42.5 Å². The van der Waals surface area contributed by atoms with E-state index in [9.17, 15) is 9.90 Å². The van der Waals surface area contributed by atoms with Crippen molar-refractivity contribution in [1.29, 1.82) is 0 Å². The summed E-state index contributed by atoms with van der Waals surface area (Å²) in [6.07, 6.45) is 0. The van der Waals surface area contributed by atoms with Gasteiger partial charge in [-0.3, -0.25) is 0 Å². The number of pyridine rings is 1. The number of halogens is 1. The van der Waals surface area contributed by atoms with Crippen LogP contribution in [-0.4, -0.2) is 23.2 Å². The van der Waals surface area contributed by atoms with Gasteiger partial charge in [0.25, 0.3) is 0 Å². The number of methoxy groups -OCH3 is 1. The number of aromatic carboxylic acids is 1. The van der Waals surface area contributed by atoms with E-state index in [0.29, 0.717) is 21.6 Å². The molecular weight excluding hydrogens is 314 g/mol. The van der Waals surface area contributed by atoms with Crippen molar-refractivity contribution in [2.24, 2.45) is 0 Å². The predicted molar refractivity (Wildman–Crippen MR) is 90.4 cm³/mol. The molecule has 0 bridgehead atoms. The van der Waals surface area contributed by atoms with Crippen molar-refractivity contribution in [3.8, 4) is 17.0 Å². The van der Waals surface area contributed by atoms with E-state index >= 15 is 0 Å². The zero-order chi connectivity index (χ0) is 16.6. The molecule has 5 heteroatoms. The van der Waals surface area contributed by atoms with Gasteiger partial charge in [-0.2, -0.15) is 0 Å². The lowest BCUT2D eigenvalue weighted by atomic mass is 10.0. The minimum Gasteiger partial charge on any atom is -0.497 e. The monoisotopic (exact) mass is 327 g/mol. The third kappa shape index (κ3) is 2.73. The first-order valence-electron chi connectivity index (χ1n) is 6.99. The molecule has 0 aliphatic carbocycles. The number of rotatable bonds is 3. The van der Waals surface area contributed by atoms with Gasteiger partial charge in [0, 0.05) is 10.9 Å². The maximum absolute atomic E-state index is 11.6. The number of nitrogens with zero attached hydrogens (tertiary/aromatic N) is 1. The molecule has 3 aromatic rings. The van der Waals surface area contributed by atoms with Crippen molar-refractivity contribution < 1.29 is 14.6 Å². The van der Waals surface area contributed by atoms with Crippen LogP contribution in [0.5, 0.6) is 5.75 Å². The Balaban J connectivity index is 2.30. The highest BCUT2D eigenvalue weighted by Crippen LogP contribution is 2.31. The van der Waals surface area contributed by atoms with E-state index in [1.807, 2.05) is 25.1 Å². The number of carboxylic acid groups (broad SMARTS) is 1. The van der Waals surface area contributed by atoms with Gasteiger partial charge >= 0.3 is 5.97 Å². The van der Waals surface area contributed by atoms with Crippen molar-refractivity contribution >= 4 is 28.5 Å². The summed E-state index contributed by atoms with van der Waals surface area (Å²) >= 11 is 6.21. The van der Waals surface area contributed by atoms with Crippen LogP contribution in [-0.2, 0) is 0 Å². The molecule has 0 saturated heterocycles. The maximum Gasteiger partial charge on any atom is 0.336 e. The molecule has 0 aliphatic heterocycles. The number of fused-ring (bicyclic) bond motifs is 1. The van der Waals surface area contributed by atoms with Gasteiger partial charge in [-0.05, 0) is 42.8 Å². The third-order valence-electron chi connectivity index (χ3n) is 3.73. The smallest absolute Gasteiger partial charge is 0.336 e. The molecule has 0 atom stereocenters. The first kappa shape index (κ1) is 15.3. The molecule has 1 aromatic heterocycles. The van der Waals surface area contributed by atoms with Crippen LogP contribution in [0, 0.1) is 6.92 Å². The molecule has 1 heterocycles. The van der Waals surface area contributed by atoms with E-state index in [1.165, 1.54) is 0 Å². The summed E-state index contributed by atoms with van der Waals surface area (Å²) in [7, 11) is 1.60. The molecule has 0 fully saturated rings. The number of ether oxygens (including phenoxy) is 1. The van der Waals surface area contributed by atoms with Crippen LogP contribution in [0.4, 0.5) is 0 Å². The van der Waals surface area contributed by atoms with Gasteiger partial charge < -0.3 is 9.84 Å². The maximum atomic E-state index is 11.6. The number of aromatic nitrogens is 1. The lowest BCUT2D eigenvalue weighted by molar-refractivity contribution is 0.0699. The average molecular weight is 328 g/mol. The van der Waals surface area contributed by atoms with E-state index in [0.717, 1.165) is 16.9 Å². The largest absolute Gasteiger partial charge is 0.497 e. The molecule has 4 nitrogen and oxygen atoms in total. The molecule has 2 aromatic carbocycles. The number of benzene rings is 2. The van der Waals surface area contributed by atoms with E-state index in [4.69, 9.17) is 16.3 Å². The van der Waals surface area contributed by atoms with Gasteiger partial charge in [0.2, 0.25) is 0 Å². The Morgan fingerprint density at radius 3 is 2.65 bits per heavy atom. The number of hydrogen-bond donors (Lipinski definition) is 1. The van der Waals surface area contributed by atoms with Crippen molar-refractivity contribution in [1.82, 2.24) is 4.98 Å². The van der Waals surface area contributed by atoms with Crippen molar-refractivity contribution in [3.63, 3.8) is 0 Å². The number of carboxylic acids is 1. The number of aryl methyl sites for hydroxylation is 1. The van der Waals surface area contributed by atoms with E-state index < -0.39 is 5.97 Å². The first-order chi connectivity index (χ1) is 11.0. The SMILES string of the molecule is COc1ccc(-c2cc(C(=O)O)c3cccc(Cl)c3n2)c(C)c1. The van der Waals surface area contributed by atoms with E-state index in [1.54, 1.807) is 31.4 Å².